The Morgan fingerprint density at radius 1 is 1.43 bits per heavy atom. The predicted molar refractivity (Wildman–Crippen MR) is 51.6 cm³/mol. The number of nitrogens with zero attached hydrogens (tertiary/aromatic N) is 2. The van der Waals surface area contributed by atoms with Crippen molar-refractivity contribution in [1.29, 1.82) is 0 Å². The molecule has 1 aromatic heterocycles. The molecule has 14 heavy (non-hydrogen) atoms. The van der Waals surface area contributed by atoms with Crippen LogP contribution in [0.3, 0.4) is 0 Å². The molecule has 0 bridgehead atoms. The van der Waals surface area contributed by atoms with E-state index in [1.165, 1.54) is 12.4 Å². The second-order valence-corrected chi connectivity index (χ2v) is 2.84. The van der Waals surface area contributed by atoms with Gasteiger partial charge in [-0.2, -0.15) is 0 Å². The molecule has 0 saturated heterocycles. The normalized spacial score (nSPS) is 14.9. The van der Waals surface area contributed by atoms with Gasteiger partial charge < -0.3 is 21.3 Å². The van der Waals surface area contributed by atoms with Crippen LogP contribution in [-0.4, -0.2) is 39.9 Å². The van der Waals surface area contributed by atoms with Gasteiger partial charge in [0.15, 0.2) is 0 Å². The maximum absolute atomic E-state index is 9.52. The molecule has 6 heteroatoms. The van der Waals surface area contributed by atoms with Crippen LogP contribution in [-0.2, 0) is 0 Å². The summed E-state index contributed by atoms with van der Waals surface area (Å²) in [5.41, 5.74) is 5.65. The summed E-state index contributed by atoms with van der Waals surface area (Å²) in [6.45, 7) is -0.00501. The molecule has 0 aliphatic carbocycles. The van der Waals surface area contributed by atoms with Crippen LogP contribution >= 0.6 is 0 Å². The summed E-state index contributed by atoms with van der Waals surface area (Å²) in [6, 6.07) is 0. The number of aliphatic hydroxyl groups is 2. The highest BCUT2D eigenvalue weighted by Crippen LogP contribution is 2.14. The highest BCUT2D eigenvalue weighted by atomic mass is 16.3. The number of aromatic nitrogens is 2. The first-order valence-electron chi connectivity index (χ1n) is 4.25. The molecule has 0 aromatic carbocycles. The lowest BCUT2D eigenvalue weighted by atomic mass is 10.1. The first-order valence-corrected chi connectivity index (χ1v) is 4.25. The van der Waals surface area contributed by atoms with E-state index in [2.05, 4.69) is 15.3 Å². The van der Waals surface area contributed by atoms with Crippen molar-refractivity contribution in [2.45, 2.75) is 12.2 Å². The minimum Gasteiger partial charge on any atom is -0.389 e. The van der Waals surface area contributed by atoms with Crippen LogP contribution in [0.5, 0.6) is 0 Å². The molecular weight excluding hydrogens is 184 g/mol. The fraction of sp³-hybridized carbons (Fsp3) is 0.500. The molecule has 0 radical (unpaired) electrons. The summed E-state index contributed by atoms with van der Waals surface area (Å²) in [7, 11) is 1.69. The number of rotatable bonds is 4. The van der Waals surface area contributed by atoms with Crippen LogP contribution in [0, 0.1) is 0 Å². The zero-order valence-corrected chi connectivity index (χ0v) is 7.88. The molecule has 1 rings (SSSR count). The van der Waals surface area contributed by atoms with Crippen LogP contribution in [0.25, 0.3) is 0 Å². The molecule has 78 valence electrons. The van der Waals surface area contributed by atoms with Crippen LogP contribution in [0.4, 0.5) is 5.95 Å². The number of hydrogen-bond acceptors (Lipinski definition) is 6. The predicted octanol–water partition coefficient (Wildman–Crippen LogP) is -1.13. The number of nitrogens with one attached hydrogen (secondary N) is 1. The average molecular weight is 198 g/mol. The highest BCUT2D eigenvalue weighted by Gasteiger charge is 2.17. The van der Waals surface area contributed by atoms with Crippen molar-refractivity contribution in [2.75, 3.05) is 18.9 Å². The Balaban J connectivity index is 2.75. The number of anilines is 1. The van der Waals surface area contributed by atoms with Gasteiger partial charge >= 0.3 is 0 Å². The van der Waals surface area contributed by atoms with Gasteiger partial charge in [-0.1, -0.05) is 0 Å². The van der Waals surface area contributed by atoms with Gasteiger partial charge in [0, 0.05) is 31.5 Å². The first-order chi connectivity index (χ1) is 6.69. The summed E-state index contributed by atoms with van der Waals surface area (Å²) in [6.07, 6.45) is 0.870. The molecule has 0 aliphatic heterocycles. The zero-order valence-electron chi connectivity index (χ0n) is 7.88. The van der Waals surface area contributed by atoms with Crippen LogP contribution < -0.4 is 11.1 Å². The summed E-state index contributed by atoms with van der Waals surface area (Å²) in [5, 5.41) is 21.5. The van der Waals surface area contributed by atoms with Crippen LogP contribution in [0.2, 0.25) is 0 Å². The molecule has 5 N–H and O–H groups in total. The van der Waals surface area contributed by atoms with E-state index in [0.29, 0.717) is 11.5 Å². The number of hydrogen-bond donors (Lipinski definition) is 4. The number of aliphatic hydroxyl groups excluding tert-OH is 2. The largest absolute Gasteiger partial charge is 0.389 e. The maximum atomic E-state index is 9.52. The van der Waals surface area contributed by atoms with Crippen molar-refractivity contribution in [1.82, 2.24) is 9.97 Å². The summed E-state index contributed by atoms with van der Waals surface area (Å²) >= 11 is 0. The Bertz CT molecular complexity index is 277. The fourth-order valence-electron chi connectivity index (χ4n) is 0.971. The minimum absolute atomic E-state index is 0.00501. The van der Waals surface area contributed by atoms with E-state index in [1.807, 2.05) is 0 Å². The molecule has 0 fully saturated rings. The van der Waals surface area contributed by atoms with Gasteiger partial charge in [-0.15, -0.1) is 0 Å². The van der Waals surface area contributed by atoms with Crippen molar-refractivity contribution in [3.8, 4) is 0 Å². The first kappa shape index (κ1) is 10.8. The molecule has 0 spiro atoms. The lowest BCUT2D eigenvalue weighted by molar-refractivity contribution is 0.0239. The molecule has 2 atom stereocenters. The summed E-state index contributed by atoms with van der Waals surface area (Å²) in [4.78, 5) is 7.80. The average Bonchev–Trinajstić information content (AvgIpc) is 2.27. The van der Waals surface area contributed by atoms with Gasteiger partial charge in [0.25, 0.3) is 0 Å². The van der Waals surface area contributed by atoms with Crippen LogP contribution in [0.15, 0.2) is 12.4 Å². The molecule has 0 amide bonds. The monoisotopic (exact) mass is 198 g/mol. The van der Waals surface area contributed by atoms with E-state index >= 15 is 0 Å². The molecule has 0 aliphatic rings. The van der Waals surface area contributed by atoms with Crippen molar-refractivity contribution in [2.24, 2.45) is 5.73 Å². The third-order valence-corrected chi connectivity index (χ3v) is 1.84. The van der Waals surface area contributed by atoms with E-state index in [4.69, 9.17) is 5.73 Å². The fourth-order valence-corrected chi connectivity index (χ4v) is 0.971. The van der Waals surface area contributed by atoms with Crippen LogP contribution in [0.1, 0.15) is 11.7 Å². The van der Waals surface area contributed by atoms with Gasteiger partial charge in [-0.3, -0.25) is 0 Å². The van der Waals surface area contributed by atoms with Crippen molar-refractivity contribution >= 4 is 5.95 Å². The highest BCUT2D eigenvalue weighted by molar-refractivity contribution is 5.24. The van der Waals surface area contributed by atoms with E-state index in [1.54, 1.807) is 7.05 Å². The standard InChI is InChI=1S/C8H14N4O2/c1-10-8-11-3-5(4-12-8)7(14)6(13)2-9/h3-4,6-7,13-14H,2,9H2,1H3,(H,10,11,12). The van der Waals surface area contributed by atoms with Crippen molar-refractivity contribution in [3.05, 3.63) is 18.0 Å². The molecule has 1 heterocycles. The van der Waals surface area contributed by atoms with Gasteiger partial charge in [-0.25, -0.2) is 9.97 Å². The summed E-state index contributed by atoms with van der Waals surface area (Å²) in [5.74, 6) is 0.461. The topological polar surface area (TPSA) is 104 Å². The Morgan fingerprint density at radius 2 is 2.00 bits per heavy atom. The Kier molecular flexibility index (Phi) is 3.75. The third kappa shape index (κ3) is 2.38. The molecule has 0 saturated carbocycles. The van der Waals surface area contributed by atoms with Crippen molar-refractivity contribution in [3.63, 3.8) is 0 Å². The van der Waals surface area contributed by atoms with Gasteiger partial charge in [0.05, 0.1) is 6.10 Å². The Labute approximate surface area is 81.8 Å². The second-order valence-electron chi connectivity index (χ2n) is 2.84. The summed E-state index contributed by atoms with van der Waals surface area (Å²) < 4.78 is 0. The molecule has 2 unspecified atom stereocenters. The zero-order chi connectivity index (χ0) is 10.6. The van der Waals surface area contributed by atoms with E-state index in [9.17, 15) is 10.2 Å². The smallest absolute Gasteiger partial charge is 0.222 e. The second kappa shape index (κ2) is 4.85. The number of nitrogens with two attached hydrogens (primary N) is 1. The Hall–Kier alpha value is -1.24. The van der Waals surface area contributed by atoms with E-state index < -0.39 is 12.2 Å². The van der Waals surface area contributed by atoms with E-state index in [-0.39, 0.29) is 6.54 Å². The maximum Gasteiger partial charge on any atom is 0.222 e. The molecule has 6 nitrogen and oxygen atoms in total. The van der Waals surface area contributed by atoms with Gasteiger partial charge in [0.2, 0.25) is 5.95 Å². The molecule has 1 aromatic rings. The lowest BCUT2D eigenvalue weighted by Gasteiger charge is -2.15. The molecular formula is C8H14N4O2. The van der Waals surface area contributed by atoms with Crippen molar-refractivity contribution < 1.29 is 10.2 Å². The minimum atomic E-state index is -1.04. The Morgan fingerprint density at radius 3 is 2.43 bits per heavy atom. The third-order valence-electron chi connectivity index (χ3n) is 1.84. The van der Waals surface area contributed by atoms with Gasteiger partial charge in [0.1, 0.15) is 6.10 Å². The lowest BCUT2D eigenvalue weighted by Crippen LogP contribution is -2.27. The van der Waals surface area contributed by atoms with Gasteiger partial charge in [-0.05, 0) is 0 Å². The SMILES string of the molecule is CNc1ncc(C(O)C(O)CN)cn1. The quantitative estimate of drug-likeness (QED) is 0.488. The van der Waals surface area contributed by atoms with E-state index in [0.717, 1.165) is 0 Å².